The SMILES string of the molecule is O=C(Nc1ccccc1S(=O)(=O)C(F)F)c1sccc1Br. The van der Waals surface area contributed by atoms with Gasteiger partial charge in [0.1, 0.15) is 4.88 Å². The van der Waals surface area contributed by atoms with Crippen LogP contribution >= 0.6 is 27.3 Å². The third kappa shape index (κ3) is 3.30. The number of rotatable bonds is 4. The summed E-state index contributed by atoms with van der Waals surface area (Å²) in [6.07, 6.45) is 0. The van der Waals surface area contributed by atoms with E-state index >= 15 is 0 Å². The maximum Gasteiger partial charge on any atom is 0.341 e. The lowest BCUT2D eigenvalue weighted by atomic mass is 10.3. The highest BCUT2D eigenvalue weighted by Crippen LogP contribution is 2.28. The maximum absolute atomic E-state index is 12.6. The molecule has 0 saturated carbocycles. The van der Waals surface area contributed by atoms with Crippen LogP contribution in [0.15, 0.2) is 45.1 Å². The molecule has 0 atom stereocenters. The van der Waals surface area contributed by atoms with E-state index in [-0.39, 0.29) is 5.69 Å². The number of carbonyl (C=O) groups excluding carboxylic acids is 1. The highest BCUT2D eigenvalue weighted by atomic mass is 79.9. The summed E-state index contributed by atoms with van der Waals surface area (Å²) in [7, 11) is -4.79. The molecule has 0 aliphatic heterocycles. The number of nitrogens with one attached hydrogen (secondary N) is 1. The molecule has 0 saturated heterocycles. The Balaban J connectivity index is 2.39. The van der Waals surface area contributed by atoms with Crippen molar-refractivity contribution in [3.05, 3.63) is 45.1 Å². The minimum absolute atomic E-state index is 0.178. The molecular weight excluding hydrogens is 388 g/mol. The Morgan fingerprint density at radius 2 is 1.90 bits per heavy atom. The highest BCUT2D eigenvalue weighted by molar-refractivity contribution is 9.10. The third-order valence-corrected chi connectivity index (χ3v) is 5.77. The van der Waals surface area contributed by atoms with Crippen molar-refractivity contribution in [2.24, 2.45) is 0 Å². The topological polar surface area (TPSA) is 63.2 Å². The molecule has 1 amide bonds. The number of hydrogen-bond acceptors (Lipinski definition) is 4. The minimum atomic E-state index is -4.79. The lowest BCUT2D eigenvalue weighted by Crippen LogP contribution is -2.17. The largest absolute Gasteiger partial charge is 0.341 e. The molecule has 0 aliphatic carbocycles. The van der Waals surface area contributed by atoms with Crippen molar-refractivity contribution in [2.75, 3.05) is 5.32 Å². The van der Waals surface area contributed by atoms with Crippen molar-refractivity contribution < 1.29 is 22.0 Å². The van der Waals surface area contributed by atoms with Crippen molar-refractivity contribution in [1.29, 1.82) is 0 Å². The monoisotopic (exact) mass is 395 g/mol. The number of halogens is 3. The van der Waals surface area contributed by atoms with Gasteiger partial charge in [0.25, 0.3) is 5.91 Å². The zero-order valence-electron chi connectivity index (χ0n) is 10.2. The van der Waals surface area contributed by atoms with Gasteiger partial charge >= 0.3 is 5.76 Å². The second-order valence-electron chi connectivity index (χ2n) is 3.85. The van der Waals surface area contributed by atoms with Crippen LogP contribution in [-0.2, 0) is 9.84 Å². The summed E-state index contributed by atoms with van der Waals surface area (Å²) in [4.78, 5) is 11.7. The van der Waals surface area contributed by atoms with E-state index in [1.165, 1.54) is 18.2 Å². The average molecular weight is 396 g/mol. The molecule has 1 N–H and O–H groups in total. The summed E-state index contributed by atoms with van der Waals surface area (Å²) in [6.45, 7) is 0. The van der Waals surface area contributed by atoms with Gasteiger partial charge in [-0.05, 0) is 39.5 Å². The molecule has 21 heavy (non-hydrogen) atoms. The van der Waals surface area contributed by atoms with Gasteiger partial charge in [0.2, 0.25) is 9.84 Å². The summed E-state index contributed by atoms with van der Waals surface area (Å²) in [5.74, 6) is -4.13. The highest BCUT2D eigenvalue weighted by Gasteiger charge is 2.29. The number of anilines is 1. The predicted molar refractivity (Wildman–Crippen MR) is 79.6 cm³/mol. The van der Waals surface area contributed by atoms with Gasteiger partial charge in [0.05, 0.1) is 10.6 Å². The first-order valence-electron chi connectivity index (χ1n) is 5.49. The van der Waals surface area contributed by atoms with Crippen LogP contribution in [0.5, 0.6) is 0 Å². The van der Waals surface area contributed by atoms with E-state index in [4.69, 9.17) is 0 Å². The van der Waals surface area contributed by atoms with Gasteiger partial charge < -0.3 is 5.32 Å². The fourth-order valence-electron chi connectivity index (χ4n) is 1.55. The number of amides is 1. The number of carbonyl (C=O) groups is 1. The van der Waals surface area contributed by atoms with Gasteiger partial charge in [-0.3, -0.25) is 4.79 Å². The molecule has 1 heterocycles. The quantitative estimate of drug-likeness (QED) is 0.856. The molecule has 1 aromatic carbocycles. The van der Waals surface area contributed by atoms with Gasteiger partial charge in [-0.2, -0.15) is 8.78 Å². The Bertz CT molecular complexity index is 774. The number of benzene rings is 1. The normalized spacial score (nSPS) is 11.6. The second-order valence-corrected chi connectivity index (χ2v) is 7.51. The Morgan fingerprint density at radius 1 is 1.24 bits per heavy atom. The van der Waals surface area contributed by atoms with Crippen LogP contribution < -0.4 is 5.32 Å². The van der Waals surface area contributed by atoms with Gasteiger partial charge in [-0.25, -0.2) is 8.42 Å². The summed E-state index contributed by atoms with van der Waals surface area (Å²) < 4.78 is 49.0. The van der Waals surface area contributed by atoms with Crippen molar-refractivity contribution in [3.8, 4) is 0 Å². The molecule has 0 aliphatic rings. The Kier molecular flexibility index (Phi) is 4.74. The molecular formula is C12H8BrF2NO3S2. The van der Waals surface area contributed by atoms with Gasteiger partial charge in [0.15, 0.2) is 0 Å². The van der Waals surface area contributed by atoms with Gasteiger partial charge in [-0.15, -0.1) is 11.3 Å². The molecule has 2 aromatic rings. The van der Waals surface area contributed by atoms with E-state index in [2.05, 4.69) is 21.2 Å². The first-order valence-corrected chi connectivity index (χ1v) is 8.71. The van der Waals surface area contributed by atoms with Crippen molar-refractivity contribution in [2.45, 2.75) is 10.7 Å². The van der Waals surface area contributed by atoms with Gasteiger partial charge in [-0.1, -0.05) is 12.1 Å². The van der Waals surface area contributed by atoms with E-state index in [0.717, 1.165) is 17.4 Å². The summed E-state index contributed by atoms with van der Waals surface area (Å²) in [6, 6.07) is 6.70. The Labute approximate surface area is 131 Å². The fraction of sp³-hybridized carbons (Fsp3) is 0.0833. The van der Waals surface area contributed by atoms with Gasteiger partial charge in [0, 0.05) is 4.47 Å². The molecule has 4 nitrogen and oxygen atoms in total. The molecule has 0 bridgehead atoms. The molecule has 2 rings (SSSR count). The van der Waals surface area contributed by atoms with Crippen molar-refractivity contribution in [1.82, 2.24) is 0 Å². The first-order chi connectivity index (χ1) is 9.84. The van der Waals surface area contributed by atoms with E-state index < -0.39 is 26.4 Å². The smallest absolute Gasteiger partial charge is 0.320 e. The number of sulfone groups is 1. The maximum atomic E-state index is 12.6. The zero-order chi connectivity index (χ0) is 15.6. The third-order valence-electron chi connectivity index (χ3n) is 2.50. The van der Waals surface area contributed by atoms with Crippen LogP contribution in [0.4, 0.5) is 14.5 Å². The van der Waals surface area contributed by atoms with Crippen molar-refractivity contribution in [3.63, 3.8) is 0 Å². The van der Waals surface area contributed by atoms with E-state index in [9.17, 15) is 22.0 Å². The van der Waals surface area contributed by atoms with Crippen LogP contribution in [-0.4, -0.2) is 20.1 Å². The van der Waals surface area contributed by atoms with Crippen LogP contribution in [0.3, 0.4) is 0 Å². The number of alkyl halides is 2. The molecule has 0 radical (unpaired) electrons. The van der Waals surface area contributed by atoms with Crippen LogP contribution in [0.25, 0.3) is 0 Å². The number of thiophene rings is 1. The summed E-state index contributed by atoms with van der Waals surface area (Å²) in [5.41, 5.74) is -0.178. The molecule has 0 unspecified atom stereocenters. The summed E-state index contributed by atoms with van der Waals surface area (Å²) in [5, 5.41) is 4.01. The standard InChI is InChI=1S/C12H8BrF2NO3S2/c13-7-5-6-20-10(7)11(17)16-8-3-1-2-4-9(8)21(18,19)12(14)15/h1-6,12H,(H,16,17). The van der Waals surface area contributed by atoms with E-state index in [1.807, 2.05) is 0 Å². The van der Waals surface area contributed by atoms with E-state index in [0.29, 0.717) is 9.35 Å². The zero-order valence-corrected chi connectivity index (χ0v) is 13.4. The predicted octanol–water partition coefficient (Wildman–Crippen LogP) is 3.76. The molecule has 112 valence electrons. The molecule has 0 spiro atoms. The van der Waals surface area contributed by atoms with Crippen LogP contribution in [0, 0.1) is 0 Å². The first kappa shape index (κ1) is 16.1. The van der Waals surface area contributed by atoms with Crippen molar-refractivity contribution >= 4 is 48.7 Å². The molecule has 1 aromatic heterocycles. The lowest BCUT2D eigenvalue weighted by Gasteiger charge is -2.10. The Morgan fingerprint density at radius 3 is 2.48 bits per heavy atom. The average Bonchev–Trinajstić information content (AvgIpc) is 2.85. The Hall–Kier alpha value is -1.32. The number of hydrogen-bond donors (Lipinski definition) is 1. The van der Waals surface area contributed by atoms with Crippen LogP contribution in [0.1, 0.15) is 9.67 Å². The van der Waals surface area contributed by atoms with Crippen LogP contribution in [0.2, 0.25) is 0 Å². The number of para-hydroxylation sites is 1. The second kappa shape index (κ2) is 6.20. The molecule has 9 heteroatoms. The molecule has 0 fully saturated rings. The minimum Gasteiger partial charge on any atom is -0.320 e. The lowest BCUT2D eigenvalue weighted by molar-refractivity contribution is 0.102. The fourth-order valence-corrected chi connectivity index (χ4v) is 3.88. The summed E-state index contributed by atoms with van der Waals surface area (Å²) >= 11 is 4.31. The van der Waals surface area contributed by atoms with E-state index in [1.54, 1.807) is 11.4 Å².